The van der Waals surface area contributed by atoms with Gasteiger partial charge in [0, 0.05) is 40.0 Å². The van der Waals surface area contributed by atoms with Crippen molar-refractivity contribution in [3.8, 4) is 0 Å². The average Bonchev–Trinajstić information content (AvgIpc) is 1.64. The smallest absolute Gasteiger partial charge is 0.213 e. The molecule has 0 aromatic heterocycles. The van der Waals surface area contributed by atoms with Gasteiger partial charge in [-0.2, -0.15) is 0 Å². The first-order valence-corrected chi connectivity index (χ1v) is 2.97. The predicted octanol–water partition coefficient (Wildman–Crippen LogP) is 1.04. The molecule has 0 fully saturated rings. The average molecular weight is 186 g/mol. The Morgan fingerprint density at radius 1 is 1.10 bits per heavy atom. The Kier molecular flexibility index (Phi) is 7.04. The minimum absolute atomic E-state index is 0. The molecule has 0 amide bonds. The first-order valence-electron chi connectivity index (χ1n) is 2.63. The van der Waals surface area contributed by atoms with Crippen LogP contribution in [0.5, 0.6) is 0 Å². The van der Waals surface area contributed by atoms with Crippen molar-refractivity contribution in [2.24, 2.45) is 4.51 Å². The van der Waals surface area contributed by atoms with Crippen molar-refractivity contribution in [1.29, 1.82) is 0 Å². The highest BCUT2D eigenvalue weighted by Crippen LogP contribution is 1.89. The zero-order chi connectivity index (χ0) is 7.44. The van der Waals surface area contributed by atoms with Gasteiger partial charge in [0.2, 0.25) is 5.96 Å². The second-order valence-electron chi connectivity index (χ2n) is 2.17. The summed E-state index contributed by atoms with van der Waals surface area (Å²) in [4.78, 5) is 3.68. The highest BCUT2D eigenvalue weighted by atomic mass is 35.5. The van der Waals surface area contributed by atoms with Gasteiger partial charge in [-0.3, -0.25) is 0 Å². The van der Waals surface area contributed by atoms with Crippen LogP contribution in [0.4, 0.5) is 0 Å². The number of rotatable bonds is 0. The molecule has 5 heteroatoms. The van der Waals surface area contributed by atoms with Crippen LogP contribution in [0, 0.1) is 0 Å². The lowest BCUT2D eigenvalue weighted by Crippen LogP contribution is -2.34. The van der Waals surface area contributed by atoms with Gasteiger partial charge in [-0.1, -0.05) is 0 Å². The van der Waals surface area contributed by atoms with Crippen LogP contribution in [0.25, 0.3) is 0 Å². The molecule has 0 N–H and O–H groups in total. The molecule has 0 rings (SSSR count). The largest absolute Gasteiger partial charge is 0.348 e. The Morgan fingerprint density at radius 3 is 1.40 bits per heavy atom. The topological polar surface area (TPSA) is 18.8 Å². The number of guanidine groups is 1. The lowest BCUT2D eigenvalue weighted by atomic mass is 10.7. The molecule has 0 saturated heterocycles. The van der Waals surface area contributed by atoms with Crippen LogP contribution in [0.3, 0.4) is 0 Å². The summed E-state index contributed by atoms with van der Waals surface area (Å²) in [6, 6.07) is 0. The fourth-order valence-electron chi connectivity index (χ4n) is 0.551. The summed E-state index contributed by atoms with van der Waals surface area (Å²) in [5, 5.41) is 0. The van der Waals surface area contributed by atoms with Gasteiger partial charge in [0.25, 0.3) is 0 Å². The van der Waals surface area contributed by atoms with E-state index < -0.39 is 0 Å². The quantitative estimate of drug-likeness (QED) is 0.415. The summed E-state index contributed by atoms with van der Waals surface area (Å²) < 4.78 is 3.53. The van der Waals surface area contributed by atoms with Crippen molar-refractivity contribution in [3.63, 3.8) is 0 Å². The molecule has 0 atom stereocenters. The number of hydrogen-bond donors (Lipinski definition) is 0. The van der Waals surface area contributed by atoms with Crippen LogP contribution in [0.2, 0.25) is 0 Å². The van der Waals surface area contributed by atoms with Crippen LogP contribution in [0.1, 0.15) is 0 Å². The van der Waals surface area contributed by atoms with E-state index in [9.17, 15) is 0 Å². The van der Waals surface area contributed by atoms with Gasteiger partial charge in [0.05, 0.1) is 0 Å². The van der Waals surface area contributed by atoms with Crippen molar-refractivity contribution in [2.45, 2.75) is 0 Å². The fourth-order valence-corrected chi connectivity index (χ4v) is 0.854. The maximum atomic E-state index is 5.26. The van der Waals surface area contributed by atoms with E-state index in [0.29, 0.717) is 0 Å². The van der Waals surface area contributed by atoms with E-state index >= 15 is 0 Å². The Balaban J connectivity index is 0. The van der Waals surface area contributed by atoms with Gasteiger partial charge in [-0.25, -0.2) is 0 Å². The Morgan fingerprint density at radius 2 is 1.40 bits per heavy atom. The summed E-state index contributed by atoms with van der Waals surface area (Å²) >= 11 is 5.26. The van der Waals surface area contributed by atoms with Crippen LogP contribution in [-0.2, 0) is 0 Å². The zero-order valence-corrected chi connectivity index (χ0v) is 8.20. The molecule has 0 aromatic carbocycles. The normalized spacial score (nSPS) is 7.70. The minimum atomic E-state index is 0. The number of halogens is 2. The van der Waals surface area contributed by atoms with E-state index in [4.69, 9.17) is 11.8 Å². The van der Waals surface area contributed by atoms with E-state index in [0.717, 1.165) is 5.96 Å². The van der Waals surface area contributed by atoms with Crippen molar-refractivity contribution < 1.29 is 0 Å². The first-order chi connectivity index (χ1) is 4.09. The van der Waals surface area contributed by atoms with Crippen molar-refractivity contribution in [2.75, 3.05) is 28.2 Å². The molecule has 0 aliphatic heterocycles. The molecule has 10 heavy (non-hydrogen) atoms. The zero-order valence-electron chi connectivity index (χ0n) is 6.63. The molecule has 0 saturated carbocycles. The lowest BCUT2D eigenvalue weighted by Gasteiger charge is -2.20. The van der Waals surface area contributed by atoms with Gasteiger partial charge in [-0.15, -0.1) is 16.9 Å². The van der Waals surface area contributed by atoms with Gasteiger partial charge < -0.3 is 9.80 Å². The third kappa shape index (κ3) is 3.80. The second-order valence-corrected chi connectivity index (χ2v) is 2.34. The second kappa shape index (κ2) is 5.62. The molecule has 0 bridgehead atoms. The standard InChI is InChI=1S/C5H12ClN3.ClH/c1-8(2)5(7-6)9(3)4;/h1-4H3;1H. The summed E-state index contributed by atoms with van der Waals surface area (Å²) in [7, 11) is 7.56. The third-order valence-electron chi connectivity index (χ3n) is 0.876. The molecular weight excluding hydrogens is 173 g/mol. The van der Waals surface area contributed by atoms with Crippen LogP contribution >= 0.6 is 24.2 Å². The maximum Gasteiger partial charge on any atom is 0.213 e. The fraction of sp³-hybridized carbons (Fsp3) is 0.800. The molecular formula is C5H13Cl2N3. The minimum Gasteiger partial charge on any atom is -0.348 e. The molecule has 62 valence electrons. The van der Waals surface area contributed by atoms with Crippen LogP contribution in [-0.4, -0.2) is 44.0 Å². The van der Waals surface area contributed by atoms with Gasteiger partial charge in [0.1, 0.15) is 0 Å². The van der Waals surface area contributed by atoms with E-state index in [-0.39, 0.29) is 12.4 Å². The van der Waals surface area contributed by atoms with Gasteiger partial charge in [-0.05, 0) is 0 Å². The molecule has 0 spiro atoms. The third-order valence-corrected chi connectivity index (χ3v) is 1.03. The van der Waals surface area contributed by atoms with Crippen molar-refractivity contribution in [1.82, 2.24) is 9.80 Å². The first kappa shape index (κ1) is 12.5. The Hall–Kier alpha value is -0.150. The Labute approximate surface area is 73.2 Å². The SMILES string of the molecule is CN(C)C(=NCl)N(C)C.Cl. The molecule has 0 heterocycles. The highest BCUT2D eigenvalue weighted by molar-refractivity contribution is 6.19. The van der Waals surface area contributed by atoms with Crippen molar-refractivity contribution >= 4 is 30.1 Å². The monoisotopic (exact) mass is 185 g/mol. The lowest BCUT2D eigenvalue weighted by molar-refractivity contribution is 0.486. The van der Waals surface area contributed by atoms with Gasteiger partial charge in [0.15, 0.2) is 0 Å². The van der Waals surface area contributed by atoms with E-state index in [1.54, 1.807) is 0 Å². The predicted molar refractivity (Wildman–Crippen MR) is 47.9 cm³/mol. The van der Waals surface area contributed by atoms with E-state index in [2.05, 4.69) is 4.51 Å². The molecule has 0 aliphatic rings. The van der Waals surface area contributed by atoms with E-state index in [1.165, 1.54) is 0 Å². The molecule has 0 aliphatic carbocycles. The maximum absolute atomic E-state index is 5.26. The molecule has 3 nitrogen and oxygen atoms in total. The van der Waals surface area contributed by atoms with Gasteiger partial charge >= 0.3 is 0 Å². The summed E-state index contributed by atoms with van der Waals surface area (Å²) in [6.45, 7) is 0. The molecule has 0 radical (unpaired) electrons. The van der Waals surface area contributed by atoms with E-state index in [1.807, 2.05) is 38.0 Å². The Bertz CT molecular complexity index is 101. The van der Waals surface area contributed by atoms with Crippen LogP contribution < -0.4 is 0 Å². The summed E-state index contributed by atoms with van der Waals surface area (Å²) in [6.07, 6.45) is 0. The van der Waals surface area contributed by atoms with Crippen LogP contribution in [0.15, 0.2) is 4.51 Å². The van der Waals surface area contributed by atoms with Crippen molar-refractivity contribution in [3.05, 3.63) is 0 Å². The summed E-state index contributed by atoms with van der Waals surface area (Å²) in [5.41, 5.74) is 0. The summed E-state index contributed by atoms with van der Waals surface area (Å²) in [5.74, 6) is 0.747. The number of nitrogens with zero attached hydrogens (tertiary/aromatic N) is 3. The number of hydrogen-bond acceptors (Lipinski definition) is 1. The molecule has 0 unspecified atom stereocenters. The molecule has 0 aromatic rings. The highest BCUT2D eigenvalue weighted by Gasteiger charge is 2.01.